The average Bonchev–Trinajstić information content (AvgIpc) is 2.73. The van der Waals surface area contributed by atoms with Gasteiger partial charge in [0.05, 0.1) is 5.52 Å². The van der Waals surface area contributed by atoms with Gasteiger partial charge in [-0.1, -0.05) is 29.8 Å². The predicted octanol–water partition coefficient (Wildman–Crippen LogP) is 3.51. The smallest absolute Gasteiger partial charge is 0.177 e. The van der Waals surface area contributed by atoms with E-state index in [1.54, 1.807) is 0 Å². The first-order valence-electron chi connectivity index (χ1n) is 5.77. The quantitative estimate of drug-likeness (QED) is 0.763. The molecular weight excluding hydrogens is 246 g/mol. The number of imidazole rings is 1. The molecule has 0 aliphatic heterocycles. The van der Waals surface area contributed by atoms with Crippen LogP contribution in [0.3, 0.4) is 0 Å². The van der Waals surface area contributed by atoms with E-state index in [1.165, 1.54) is 0 Å². The number of H-pyrrole nitrogens is 1. The maximum atomic E-state index is 6.14. The van der Waals surface area contributed by atoms with Crippen molar-refractivity contribution in [2.75, 3.05) is 0 Å². The first kappa shape index (κ1) is 11.2. The molecule has 3 aromatic rings. The van der Waals surface area contributed by atoms with E-state index in [0.717, 1.165) is 33.1 Å². The van der Waals surface area contributed by atoms with E-state index in [4.69, 9.17) is 11.6 Å². The number of nitrogens with zero attached hydrogens (tertiary/aromatic N) is 2. The van der Waals surface area contributed by atoms with Crippen molar-refractivity contribution in [1.82, 2.24) is 15.0 Å². The number of hydrogen-bond donors (Lipinski definition) is 1. The number of rotatable bonds is 2. The molecule has 3 rings (SSSR count). The lowest BCUT2D eigenvalue weighted by molar-refractivity contribution is 1.03. The number of aromatic amines is 1. The number of hydrogen-bond acceptors (Lipinski definition) is 2. The van der Waals surface area contributed by atoms with E-state index >= 15 is 0 Å². The molecule has 18 heavy (non-hydrogen) atoms. The molecule has 0 aliphatic carbocycles. The molecule has 2 aromatic heterocycles. The van der Waals surface area contributed by atoms with E-state index in [-0.39, 0.29) is 0 Å². The molecule has 1 N–H and O–H groups in total. The molecule has 0 bridgehead atoms. The predicted molar refractivity (Wildman–Crippen MR) is 72.9 cm³/mol. The number of halogens is 1. The lowest BCUT2D eigenvalue weighted by Gasteiger charge is -2.00. The van der Waals surface area contributed by atoms with Crippen LogP contribution < -0.4 is 0 Å². The molecule has 2 heterocycles. The highest BCUT2D eigenvalue weighted by Gasteiger charge is 2.06. The summed E-state index contributed by atoms with van der Waals surface area (Å²) in [5.41, 5.74) is 3.91. The van der Waals surface area contributed by atoms with Crippen LogP contribution in [0.5, 0.6) is 0 Å². The van der Waals surface area contributed by atoms with Gasteiger partial charge in [0.1, 0.15) is 5.82 Å². The fourth-order valence-corrected chi connectivity index (χ4v) is 2.16. The summed E-state index contributed by atoms with van der Waals surface area (Å²) in [6.07, 6.45) is 2.51. The van der Waals surface area contributed by atoms with Gasteiger partial charge in [-0.2, -0.15) is 0 Å². The number of benzene rings is 1. The third kappa shape index (κ3) is 2.09. The minimum atomic E-state index is 0.690. The second kappa shape index (κ2) is 4.42. The van der Waals surface area contributed by atoms with Gasteiger partial charge in [0.25, 0.3) is 0 Å². The van der Waals surface area contributed by atoms with Crippen LogP contribution in [0.2, 0.25) is 5.02 Å². The number of aryl methyl sites for hydroxylation is 1. The second-order valence-electron chi connectivity index (χ2n) is 4.34. The molecule has 0 aliphatic rings. The summed E-state index contributed by atoms with van der Waals surface area (Å²) in [5.74, 6) is 0.885. The molecule has 3 nitrogen and oxygen atoms in total. The Morgan fingerprint density at radius 2 is 2.11 bits per heavy atom. The second-order valence-corrected chi connectivity index (χ2v) is 4.74. The maximum absolute atomic E-state index is 6.14. The van der Waals surface area contributed by atoms with Gasteiger partial charge < -0.3 is 4.98 Å². The highest BCUT2D eigenvalue weighted by atomic mass is 35.5. The fourth-order valence-electron chi connectivity index (χ4n) is 1.96. The maximum Gasteiger partial charge on any atom is 0.177 e. The van der Waals surface area contributed by atoms with Gasteiger partial charge >= 0.3 is 0 Å². The minimum absolute atomic E-state index is 0.690. The third-order valence-electron chi connectivity index (χ3n) is 2.84. The van der Waals surface area contributed by atoms with Gasteiger partial charge in [0.15, 0.2) is 5.65 Å². The van der Waals surface area contributed by atoms with Crippen molar-refractivity contribution in [3.05, 3.63) is 58.5 Å². The molecule has 0 spiro atoms. The molecule has 0 saturated heterocycles. The molecule has 0 unspecified atom stereocenters. The summed E-state index contributed by atoms with van der Waals surface area (Å²) in [4.78, 5) is 12.0. The molecule has 0 amide bonds. The van der Waals surface area contributed by atoms with Crippen LogP contribution in [0.1, 0.15) is 17.0 Å². The Hall–Kier alpha value is -1.87. The van der Waals surface area contributed by atoms with Gasteiger partial charge in [-0.05, 0) is 30.2 Å². The van der Waals surface area contributed by atoms with Crippen molar-refractivity contribution in [3.8, 4) is 0 Å². The summed E-state index contributed by atoms with van der Waals surface area (Å²) < 4.78 is 0. The zero-order chi connectivity index (χ0) is 12.5. The Balaban J connectivity index is 1.98. The first-order chi connectivity index (χ1) is 8.72. The van der Waals surface area contributed by atoms with Gasteiger partial charge in [0.2, 0.25) is 0 Å². The number of nitrogens with one attached hydrogen (secondary N) is 1. The highest BCUT2D eigenvalue weighted by molar-refractivity contribution is 6.31. The largest absolute Gasteiger partial charge is 0.340 e. The molecule has 0 radical (unpaired) electrons. The van der Waals surface area contributed by atoms with Crippen molar-refractivity contribution in [2.24, 2.45) is 0 Å². The minimum Gasteiger partial charge on any atom is -0.340 e. The number of aromatic nitrogens is 3. The first-order valence-corrected chi connectivity index (χ1v) is 6.15. The summed E-state index contributed by atoms with van der Waals surface area (Å²) in [7, 11) is 0. The molecule has 0 saturated carbocycles. The van der Waals surface area contributed by atoms with Crippen molar-refractivity contribution in [1.29, 1.82) is 0 Å². The Labute approximate surface area is 110 Å². The van der Waals surface area contributed by atoms with E-state index in [0.29, 0.717) is 6.42 Å². The monoisotopic (exact) mass is 257 g/mol. The topological polar surface area (TPSA) is 41.6 Å². The van der Waals surface area contributed by atoms with Gasteiger partial charge in [-0.25, -0.2) is 9.97 Å². The Morgan fingerprint density at radius 1 is 1.28 bits per heavy atom. The zero-order valence-electron chi connectivity index (χ0n) is 9.94. The van der Waals surface area contributed by atoms with E-state index in [2.05, 4.69) is 15.0 Å². The summed E-state index contributed by atoms with van der Waals surface area (Å²) in [6.45, 7) is 2.01. The summed E-state index contributed by atoms with van der Waals surface area (Å²) in [5, 5.41) is 0.766. The summed E-state index contributed by atoms with van der Waals surface area (Å²) in [6, 6.07) is 9.85. The number of fused-ring (bicyclic) bond motifs is 1. The lowest BCUT2D eigenvalue weighted by Crippen LogP contribution is -1.91. The molecule has 0 atom stereocenters. The van der Waals surface area contributed by atoms with E-state index in [9.17, 15) is 0 Å². The molecule has 1 aromatic carbocycles. The van der Waals surface area contributed by atoms with Crippen molar-refractivity contribution < 1.29 is 0 Å². The van der Waals surface area contributed by atoms with Crippen molar-refractivity contribution in [3.63, 3.8) is 0 Å². The Bertz CT molecular complexity index is 703. The number of pyridine rings is 1. The van der Waals surface area contributed by atoms with Crippen LogP contribution in [-0.2, 0) is 6.42 Å². The SMILES string of the molecule is Cc1cnc2nc(Cc3ccccc3Cl)[nH]c2c1. The van der Waals surface area contributed by atoms with Crippen LogP contribution in [0, 0.1) is 6.92 Å². The Morgan fingerprint density at radius 3 is 2.94 bits per heavy atom. The fraction of sp³-hybridized carbons (Fsp3) is 0.143. The molecule has 90 valence electrons. The highest BCUT2D eigenvalue weighted by Crippen LogP contribution is 2.19. The molecule has 0 fully saturated rings. The van der Waals surface area contributed by atoms with Crippen LogP contribution in [0.4, 0.5) is 0 Å². The Kier molecular flexibility index (Phi) is 2.76. The molecular formula is C14H12ClN3. The zero-order valence-corrected chi connectivity index (χ0v) is 10.7. The van der Waals surface area contributed by atoms with Crippen molar-refractivity contribution >= 4 is 22.8 Å². The van der Waals surface area contributed by atoms with Crippen molar-refractivity contribution in [2.45, 2.75) is 13.3 Å². The van der Waals surface area contributed by atoms with E-state index < -0.39 is 0 Å². The van der Waals surface area contributed by atoms with Crippen LogP contribution in [0.15, 0.2) is 36.5 Å². The van der Waals surface area contributed by atoms with Crippen LogP contribution >= 0.6 is 11.6 Å². The molecule has 4 heteroatoms. The van der Waals surface area contributed by atoms with Gasteiger partial charge in [0, 0.05) is 17.6 Å². The van der Waals surface area contributed by atoms with Gasteiger partial charge in [-0.15, -0.1) is 0 Å². The van der Waals surface area contributed by atoms with Gasteiger partial charge in [-0.3, -0.25) is 0 Å². The third-order valence-corrected chi connectivity index (χ3v) is 3.21. The lowest BCUT2D eigenvalue weighted by atomic mass is 10.1. The van der Waals surface area contributed by atoms with E-state index in [1.807, 2.05) is 43.5 Å². The average molecular weight is 258 g/mol. The van der Waals surface area contributed by atoms with Crippen LogP contribution in [-0.4, -0.2) is 15.0 Å². The summed E-state index contributed by atoms with van der Waals surface area (Å²) >= 11 is 6.14. The normalized spacial score (nSPS) is 11.0. The van der Waals surface area contributed by atoms with Crippen LogP contribution in [0.25, 0.3) is 11.2 Å². The standard InChI is InChI=1S/C14H12ClN3/c1-9-6-12-14(16-8-9)18-13(17-12)7-10-4-2-3-5-11(10)15/h2-6,8H,7H2,1H3,(H,16,17,18).